The standard InChI is InChI=1S/C18H21N3O/c1-3-22-16-7-5-4-6-14(16)18-15(10-11-19)21-12-13(2)8-9-17(21)20-18/h4-9,12H,3,10-11,19H2,1-2H3. The number of nitrogens with two attached hydrogens (primary N) is 1. The van der Waals surface area contributed by atoms with Gasteiger partial charge in [-0.3, -0.25) is 0 Å². The Morgan fingerprint density at radius 2 is 2.00 bits per heavy atom. The van der Waals surface area contributed by atoms with Crippen LogP contribution in [0.25, 0.3) is 16.9 Å². The average Bonchev–Trinajstić information content (AvgIpc) is 2.87. The molecule has 2 heterocycles. The van der Waals surface area contributed by atoms with Crippen LogP contribution in [0, 0.1) is 6.92 Å². The molecule has 4 heteroatoms. The first-order valence-electron chi connectivity index (χ1n) is 7.64. The van der Waals surface area contributed by atoms with Crippen LogP contribution in [0.4, 0.5) is 0 Å². The van der Waals surface area contributed by atoms with Crippen molar-refractivity contribution in [3.63, 3.8) is 0 Å². The van der Waals surface area contributed by atoms with Crippen LogP contribution in [0.3, 0.4) is 0 Å². The van der Waals surface area contributed by atoms with Gasteiger partial charge >= 0.3 is 0 Å². The van der Waals surface area contributed by atoms with Crippen LogP contribution in [0.2, 0.25) is 0 Å². The number of benzene rings is 1. The minimum Gasteiger partial charge on any atom is -0.493 e. The van der Waals surface area contributed by atoms with Gasteiger partial charge in [0.2, 0.25) is 0 Å². The Balaban J connectivity index is 2.24. The first-order valence-corrected chi connectivity index (χ1v) is 7.64. The largest absolute Gasteiger partial charge is 0.493 e. The van der Waals surface area contributed by atoms with Crippen molar-refractivity contribution in [2.24, 2.45) is 5.73 Å². The first kappa shape index (κ1) is 14.6. The highest BCUT2D eigenvalue weighted by atomic mass is 16.5. The molecular weight excluding hydrogens is 274 g/mol. The van der Waals surface area contributed by atoms with Crippen LogP contribution in [0.5, 0.6) is 5.75 Å². The van der Waals surface area contributed by atoms with E-state index in [1.165, 1.54) is 5.56 Å². The lowest BCUT2D eigenvalue weighted by atomic mass is 10.1. The summed E-state index contributed by atoms with van der Waals surface area (Å²) in [6.07, 6.45) is 2.89. The molecule has 2 aromatic heterocycles. The number of pyridine rings is 1. The van der Waals surface area contributed by atoms with Crippen molar-refractivity contribution in [1.82, 2.24) is 9.38 Å². The Hall–Kier alpha value is -2.33. The minimum atomic E-state index is 0.589. The third-order valence-corrected chi connectivity index (χ3v) is 3.69. The van der Waals surface area contributed by atoms with E-state index in [9.17, 15) is 0 Å². The number of para-hydroxylation sites is 1. The second-order valence-corrected chi connectivity index (χ2v) is 5.31. The highest BCUT2D eigenvalue weighted by Crippen LogP contribution is 2.32. The van der Waals surface area contributed by atoms with Gasteiger partial charge in [0, 0.05) is 18.2 Å². The molecule has 0 aliphatic carbocycles. The van der Waals surface area contributed by atoms with E-state index < -0.39 is 0 Å². The van der Waals surface area contributed by atoms with Crippen molar-refractivity contribution in [2.75, 3.05) is 13.2 Å². The molecule has 0 saturated carbocycles. The van der Waals surface area contributed by atoms with Gasteiger partial charge in [0.1, 0.15) is 11.4 Å². The highest BCUT2D eigenvalue weighted by Gasteiger charge is 2.16. The molecule has 0 aliphatic heterocycles. The van der Waals surface area contributed by atoms with E-state index in [2.05, 4.69) is 29.7 Å². The zero-order chi connectivity index (χ0) is 15.5. The third kappa shape index (κ3) is 2.57. The maximum atomic E-state index is 5.82. The molecule has 1 aromatic carbocycles. The second kappa shape index (κ2) is 6.20. The van der Waals surface area contributed by atoms with Gasteiger partial charge in [-0.15, -0.1) is 0 Å². The SMILES string of the molecule is CCOc1ccccc1-c1nc2ccc(C)cn2c1CCN. The van der Waals surface area contributed by atoms with Crippen molar-refractivity contribution in [3.05, 3.63) is 53.9 Å². The molecular formula is C18H21N3O. The van der Waals surface area contributed by atoms with Gasteiger partial charge in [0.25, 0.3) is 0 Å². The average molecular weight is 295 g/mol. The summed E-state index contributed by atoms with van der Waals surface area (Å²) >= 11 is 0. The molecule has 0 fully saturated rings. The molecule has 0 saturated heterocycles. The van der Waals surface area contributed by atoms with Crippen LogP contribution in [-0.4, -0.2) is 22.5 Å². The number of imidazole rings is 1. The summed E-state index contributed by atoms with van der Waals surface area (Å²) in [5.41, 5.74) is 11.1. The van der Waals surface area contributed by atoms with Gasteiger partial charge in [-0.1, -0.05) is 18.2 Å². The molecule has 0 spiro atoms. The fourth-order valence-electron chi connectivity index (χ4n) is 2.73. The van der Waals surface area contributed by atoms with E-state index in [1.807, 2.05) is 31.2 Å². The summed E-state index contributed by atoms with van der Waals surface area (Å²) in [6.45, 7) is 5.30. The van der Waals surface area contributed by atoms with Crippen molar-refractivity contribution < 1.29 is 4.74 Å². The monoisotopic (exact) mass is 295 g/mol. The van der Waals surface area contributed by atoms with Gasteiger partial charge in [-0.05, 0) is 44.2 Å². The van der Waals surface area contributed by atoms with Crippen LogP contribution in [0.1, 0.15) is 18.2 Å². The van der Waals surface area contributed by atoms with E-state index in [0.717, 1.165) is 34.8 Å². The number of nitrogens with zero attached hydrogens (tertiary/aromatic N) is 2. The quantitative estimate of drug-likeness (QED) is 0.786. The maximum absolute atomic E-state index is 5.82. The lowest BCUT2D eigenvalue weighted by molar-refractivity contribution is 0.341. The van der Waals surface area contributed by atoms with Gasteiger partial charge in [0.15, 0.2) is 0 Å². The Bertz CT molecular complexity index is 792. The highest BCUT2D eigenvalue weighted by molar-refractivity contribution is 5.72. The van der Waals surface area contributed by atoms with Crippen LogP contribution >= 0.6 is 0 Å². The molecule has 2 N–H and O–H groups in total. The fourth-order valence-corrected chi connectivity index (χ4v) is 2.73. The van der Waals surface area contributed by atoms with E-state index in [1.54, 1.807) is 0 Å². The molecule has 4 nitrogen and oxygen atoms in total. The third-order valence-electron chi connectivity index (χ3n) is 3.69. The lowest BCUT2D eigenvalue weighted by Gasteiger charge is -2.10. The van der Waals surface area contributed by atoms with E-state index in [0.29, 0.717) is 13.2 Å². The zero-order valence-electron chi connectivity index (χ0n) is 13.0. The fraction of sp³-hybridized carbons (Fsp3) is 0.278. The smallest absolute Gasteiger partial charge is 0.137 e. The number of aryl methyl sites for hydroxylation is 1. The van der Waals surface area contributed by atoms with Crippen molar-refractivity contribution in [1.29, 1.82) is 0 Å². The molecule has 3 aromatic rings. The molecule has 0 atom stereocenters. The summed E-state index contributed by atoms with van der Waals surface area (Å²) in [4.78, 5) is 4.81. The number of hydrogen-bond acceptors (Lipinski definition) is 3. The normalized spacial score (nSPS) is 11.0. The predicted octanol–water partition coefficient (Wildman–Crippen LogP) is 3.21. The molecule has 22 heavy (non-hydrogen) atoms. The molecule has 0 radical (unpaired) electrons. The van der Waals surface area contributed by atoms with Gasteiger partial charge < -0.3 is 14.9 Å². The van der Waals surface area contributed by atoms with E-state index >= 15 is 0 Å². The van der Waals surface area contributed by atoms with Gasteiger partial charge in [-0.25, -0.2) is 4.98 Å². The van der Waals surface area contributed by atoms with Crippen LogP contribution in [-0.2, 0) is 6.42 Å². The maximum Gasteiger partial charge on any atom is 0.137 e. The Kier molecular flexibility index (Phi) is 4.11. The number of hydrogen-bond donors (Lipinski definition) is 1. The summed E-state index contributed by atoms with van der Waals surface area (Å²) in [5, 5.41) is 0. The molecule has 0 unspecified atom stereocenters. The number of aromatic nitrogens is 2. The van der Waals surface area contributed by atoms with Gasteiger partial charge in [0.05, 0.1) is 18.0 Å². The number of rotatable bonds is 5. The Labute approximate surface area is 130 Å². The first-order chi connectivity index (χ1) is 10.7. The molecule has 0 amide bonds. The molecule has 0 aliphatic rings. The molecule has 0 bridgehead atoms. The van der Waals surface area contributed by atoms with Crippen molar-refractivity contribution >= 4 is 5.65 Å². The van der Waals surface area contributed by atoms with E-state index in [-0.39, 0.29) is 0 Å². The van der Waals surface area contributed by atoms with Crippen molar-refractivity contribution in [2.45, 2.75) is 20.3 Å². The minimum absolute atomic E-state index is 0.589. The Morgan fingerprint density at radius 1 is 1.18 bits per heavy atom. The van der Waals surface area contributed by atoms with Crippen molar-refractivity contribution in [3.8, 4) is 17.0 Å². The van der Waals surface area contributed by atoms with Crippen LogP contribution in [0.15, 0.2) is 42.6 Å². The van der Waals surface area contributed by atoms with E-state index in [4.69, 9.17) is 15.5 Å². The second-order valence-electron chi connectivity index (χ2n) is 5.31. The Morgan fingerprint density at radius 3 is 2.77 bits per heavy atom. The summed E-state index contributed by atoms with van der Waals surface area (Å²) < 4.78 is 7.90. The summed E-state index contributed by atoms with van der Waals surface area (Å²) in [7, 11) is 0. The number of fused-ring (bicyclic) bond motifs is 1. The summed E-state index contributed by atoms with van der Waals surface area (Å²) in [6, 6.07) is 12.2. The molecule has 114 valence electrons. The number of ether oxygens (including phenoxy) is 1. The zero-order valence-corrected chi connectivity index (χ0v) is 13.0. The molecule has 3 rings (SSSR count). The topological polar surface area (TPSA) is 52.5 Å². The lowest BCUT2D eigenvalue weighted by Crippen LogP contribution is -2.06. The predicted molar refractivity (Wildman–Crippen MR) is 89.3 cm³/mol. The summed E-state index contributed by atoms with van der Waals surface area (Å²) in [5.74, 6) is 0.864. The van der Waals surface area contributed by atoms with Crippen LogP contribution < -0.4 is 10.5 Å². The van der Waals surface area contributed by atoms with Gasteiger partial charge in [-0.2, -0.15) is 0 Å².